The van der Waals surface area contributed by atoms with Crippen LogP contribution in [-0.4, -0.2) is 30.1 Å². The van der Waals surface area contributed by atoms with E-state index in [9.17, 15) is 0 Å². The minimum Gasteiger partial charge on any atom is -0.494 e. The Morgan fingerprint density at radius 2 is 2.10 bits per heavy atom. The van der Waals surface area contributed by atoms with Crippen LogP contribution in [0.2, 0.25) is 0 Å². The molecule has 0 amide bonds. The second kappa shape index (κ2) is 7.99. The molecule has 0 aliphatic carbocycles. The van der Waals surface area contributed by atoms with Crippen molar-refractivity contribution in [3.63, 3.8) is 0 Å². The summed E-state index contributed by atoms with van der Waals surface area (Å²) in [4.78, 5) is 6.54. The molecule has 0 fully saturated rings. The summed E-state index contributed by atoms with van der Waals surface area (Å²) in [6.45, 7) is 3.19. The van der Waals surface area contributed by atoms with E-state index in [1.807, 2.05) is 29.8 Å². The fourth-order valence-electron chi connectivity index (χ4n) is 1.92. The summed E-state index contributed by atoms with van der Waals surface area (Å²) in [5, 5.41) is 2.09. The molecule has 2 N–H and O–H groups in total. The second-order valence-electron chi connectivity index (χ2n) is 4.77. The third kappa shape index (κ3) is 4.92. The van der Waals surface area contributed by atoms with Gasteiger partial charge < -0.3 is 15.4 Å². The van der Waals surface area contributed by atoms with E-state index in [1.54, 1.807) is 11.3 Å². The van der Waals surface area contributed by atoms with E-state index in [-0.39, 0.29) is 0 Å². The van der Waals surface area contributed by atoms with Gasteiger partial charge in [-0.15, -0.1) is 11.3 Å². The lowest BCUT2D eigenvalue weighted by Crippen LogP contribution is -2.20. The molecular weight excluding hydrogens is 270 g/mol. The maximum Gasteiger partial charge on any atom is 0.119 e. The Kier molecular flexibility index (Phi) is 5.98. The van der Waals surface area contributed by atoms with Crippen LogP contribution in [0.25, 0.3) is 0 Å². The quantitative estimate of drug-likeness (QED) is 0.759. The Morgan fingerprint density at radius 1 is 1.30 bits per heavy atom. The molecule has 0 saturated carbocycles. The molecule has 0 radical (unpaired) electrons. The van der Waals surface area contributed by atoms with Gasteiger partial charge in [0.25, 0.3) is 0 Å². The van der Waals surface area contributed by atoms with Crippen molar-refractivity contribution in [2.75, 3.05) is 20.2 Å². The fourth-order valence-corrected chi connectivity index (χ4v) is 2.47. The summed E-state index contributed by atoms with van der Waals surface area (Å²) in [5.74, 6) is 0.907. The van der Waals surface area contributed by atoms with Gasteiger partial charge in [0.1, 0.15) is 5.75 Å². The van der Waals surface area contributed by atoms with Gasteiger partial charge in [0.15, 0.2) is 0 Å². The molecule has 5 heteroatoms. The maximum absolute atomic E-state index is 5.71. The zero-order valence-electron chi connectivity index (χ0n) is 11.8. The fraction of sp³-hybridized carbons (Fsp3) is 0.400. The van der Waals surface area contributed by atoms with Crippen LogP contribution in [-0.2, 0) is 13.1 Å². The minimum atomic E-state index is 0.571. The van der Waals surface area contributed by atoms with E-state index in [0.717, 1.165) is 43.1 Å². The summed E-state index contributed by atoms with van der Waals surface area (Å²) in [6, 6.07) is 7.95. The lowest BCUT2D eigenvalue weighted by molar-refractivity contribution is 0.257. The van der Waals surface area contributed by atoms with Gasteiger partial charge in [0.05, 0.1) is 17.8 Å². The maximum atomic E-state index is 5.71. The van der Waals surface area contributed by atoms with Crippen LogP contribution < -0.4 is 10.5 Å². The number of aromatic nitrogens is 1. The van der Waals surface area contributed by atoms with Crippen molar-refractivity contribution >= 4 is 11.3 Å². The van der Waals surface area contributed by atoms with Crippen LogP contribution in [0.15, 0.2) is 35.2 Å². The first-order valence-corrected chi connectivity index (χ1v) is 7.69. The smallest absolute Gasteiger partial charge is 0.119 e. The molecule has 0 aliphatic heterocycles. The Balaban J connectivity index is 1.63. The van der Waals surface area contributed by atoms with Gasteiger partial charge in [0.2, 0.25) is 0 Å². The third-order valence-corrected chi connectivity index (χ3v) is 3.66. The van der Waals surface area contributed by atoms with E-state index in [0.29, 0.717) is 6.54 Å². The Hall–Kier alpha value is -1.43. The standard InChI is InChI=1S/C15H21N3OS/c1-18(10-14-11-20-12-17-14)7-2-8-19-15-5-3-13(9-16)4-6-15/h3-6,11-12H,2,7-10,16H2,1H3. The molecule has 0 unspecified atom stereocenters. The molecule has 0 spiro atoms. The second-order valence-corrected chi connectivity index (χ2v) is 5.49. The lowest BCUT2D eigenvalue weighted by Gasteiger charge is -2.15. The van der Waals surface area contributed by atoms with Crippen molar-refractivity contribution < 1.29 is 4.74 Å². The monoisotopic (exact) mass is 291 g/mol. The number of ether oxygens (including phenoxy) is 1. The molecule has 1 heterocycles. The predicted molar refractivity (Wildman–Crippen MR) is 82.9 cm³/mol. The molecule has 20 heavy (non-hydrogen) atoms. The van der Waals surface area contributed by atoms with Gasteiger partial charge in [0, 0.05) is 25.0 Å². The highest BCUT2D eigenvalue weighted by Crippen LogP contribution is 2.12. The molecule has 2 aromatic rings. The average Bonchev–Trinajstić information content (AvgIpc) is 2.97. The van der Waals surface area contributed by atoms with Crippen LogP contribution >= 0.6 is 11.3 Å². The number of nitrogens with two attached hydrogens (primary N) is 1. The van der Waals surface area contributed by atoms with Gasteiger partial charge in [-0.1, -0.05) is 12.1 Å². The summed E-state index contributed by atoms with van der Waals surface area (Å²) in [6.07, 6.45) is 0.999. The van der Waals surface area contributed by atoms with Gasteiger partial charge >= 0.3 is 0 Å². The number of thiazole rings is 1. The molecule has 1 aromatic carbocycles. The number of rotatable bonds is 8. The zero-order chi connectivity index (χ0) is 14.2. The molecule has 0 bridgehead atoms. The lowest BCUT2D eigenvalue weighted by atomic mass is 10.2. The van der Waals surface area contributed by atoms with Crippen LogP contribution in [0, 0.1) is 0 Å². The van der Waals surface area contributed by atoms with E-state index in [2.05, 4.69) is 22.3 Å². The van der Waals surface area contributed by atoms with Gasteiger partial charge in [-0.3, -0.25) is 0 Å². The summed E-state index contributed by atoms with van der Waals surface area (Å²) < 4.78 is 5.71. The molecule has 108 valence electrons. The Morgan fingerprint density at radius 3 is 2.75 bits per heavy atom. The molecular formula is C15H21N3OS. The zero-order valence-corrected chi connectivity index (χ0v) is 12.6. The number of nitrogens with zero attached hydrogens (tertiary/aromatic N) is 2. The molecule has 4 nitrogen and oxygen atoms in total. The third-order valence-electron chi connectivity index (χ3n) is 3.03. The Labute approximate surface area is 124 Å². The highest BCUT2D eigenvalue weighted by Gasteiger charge is 2.02. The van der Waals surface area contributed by atoms with Crippen molar-refractivity contribution in [2.45, 2.75) is 19.5 Å². The summed E-state index contributed by atoms with van der Waals surface area (Å²) in [7, 11) is 2.11. The highest BCUT2D eigenvalue weighted by molar-refractivity contribution is 7.07. The van der Waals surface area contributed by atoms with Gasteiger partial charge in [-0.25, -0.2) is 4.98 Å². The van der Waals surface area contributed by atoms with E-state index >= 15 is 0 Å². The highest BCUT2D eigenvalue weighted by atomic mass is 32.1. The van der Waals surface area contributed by atoms with Crippen LogP contribution in [0.1, 0.15) is 17.7 Å². The molecule has 0 atom stereocenters. The number of hydrogen-bond acceptors (Lipinski definition) is 5. The SMILES string of the molecule is CN(CCCOc1ccc(CN)cc1)Cc1cscn1. The average molecular weight is 291 g/mol. The predicted octanol–water partition coefficient (Wildman–Crippen LogP) is 2.50. The van der Waals surface area contributed by atoms with Crippen LogP contribution in [0.3, 0.4) is 0 Å². The minimum absolute atomic E-state index is 0.571. The first-order chi connectivity index (χ1) is 9.78. The van der Waals surface area contributed by atoms with Gasteiger partial charge in [-0.2, -0.15) is 0 Å². The first-order valence-electron chi connectivity index (χ1n) is 6.75. The number of hydrogen-bond donors (Lipinski definition) is 1. The molecule has 0 saturated heterocycles. The van der Waals surface area contributed by atoms with Crippen molar-refractivity contribution in [3.8, 4) is 5.75 Å². The topological polar surface area (TPSA) is 51.4 Å². The molecule has 1 aromatic heterocycles. The first kappa shape index (κ1) is 15.0. The summed E-state index contributed by atoms with van der Waals surface area (Å²) >= 11 is 1.64. The van der Waals surface area contributed by atoms with Crippen molar-refractivity contribution in [1.29, 1.82) is 0 Å². The molecule has 2 rings (SSSR count). The van der Waals surface area contributed by atoms with Crippen molar-refractivity contribution in [1.82, 2.24) is 9.88 Å². The molecule has 0 aliphatic rings. The summed E-state index contributed by atoms with van der Waals surface area (Å²) in [5.41, 5.74) is 9.69. The Bertz CT molecular complexity index is 484. The van der Waals surface area contributed by atoms with E-state index in [1.165, 1.54) is 0 Å². The van der Waals surface area contributed by atoms with Crippen LogP contribution in [0.5, 0.6) is 5.75 Å². The van der Waals surface area contributed by atoms with Crippen molar-refractivity contribution in [3.05, 3.63) is 46.4 Å². The van der Waals surface area contributed by atoms with Gasteiger partial charge in [-0.05, 0) is 31.2 Å². The van der Waals surface area contributed by atoms with Crippen LogP contribution in [0.4, 0.5) is 0 Å². The number of benzene rings is 1. The largest absolute Gasteiger partial charge is 0.494 e. The van der Waals surface area contributed by atoms with E-state index < -0.39 is 0 Å². The van der Waals surface area contributed by atoms with E-state index in [4.69, 9.17) is 10.5 Å². The van der Waals surface area contributed by atoms with Crippen molar-refractivity contribution in [2.24, 2.45) is 5.73 Å². The normalized spacial score (nSPS) is 10.9.